The maximum atomic E-state index is 13.6. The third kappa shape index (κ3) is 8.16. The number of nitrogens with one attached hydrogen (secondary N) is 2. The molecular weight excluding hydrogens is 518 g/mol. The van der Waals surface area contributed by atoms with Crippen LogP contribution in [-0.4, -0.2) is 40.2 Å². The van der Waals surface area contributed by atoms with E-state index < -0.39 is 35.5 Å². The molecule has 3 aromatic rings. The van der Waals surface area contributed by atoms with Gasteiger partial charge in [0.05, 0.1) is 11.6 Å². The quantitative estimate of drug-likeness (QED) is 0.235. The van der Waals surface area contributed by atoms with E-state index in [1.54, 1.807) is 6.07 Å². The highest BCUT2D eigenvalue weighted by Crippen LogP contribution is 2.27. The lowest BCUT2D eigenvalue weighted by Gasteiger charge is -2.24. The maximum absolute atomic E-state index is 13.6. The number of Topliss-reactive ketones (excluding diaryl/α,β-unsaturated/α-hetero) is 3. The predicted octanol–water partition coefficient (Wildman–Crippen LogP) is 4.60. The minimum absolute atomic E-state index is 0.0398. The zero-order valence-corrected chi connectivity index (χ0v) is 23.6. The van der Waals surface area contributed by atoms with E-state index in [4.69, 9.17) is 0 Å². The molecule has 1 saturated carbocycles. The average Bonchev–Trinajstić information content (AvgIpc) is 3.38. The molecule has 0 saturated heterocycles. The van der Waals surface area contributed by atoms with Crippen molar-refractivity contribution >= 4 is 40.1 Å². The van der Waals surface area contributed by atoms with Gasteiger partial charge in [0.15, 0.2) is 5.78 Å². The van der Waals surface area contributed by atoms with Crippen molar-refractivity contribution in [3.05, 3.63) is 78.0 Å². The Balaban J connectivity index is 1.48. The van der Waals surface area contributed by atoms with Crippen LogP contribution in [0.15, 0.2) is 66.7 Å². The molecule has 1 heterocycles. The molecule has 1 aromatic heterocycles. The van der Waals surface area contributed by atoms with Crippen LogP contribution in [0.3, 0.4) is 0 Å². The van der Waals surface area contributed by atoms with Crippen molar-refractivity contribution in [1.29, 1.82) is 0 Å². The van der Waals surface area contributed by atoms with Crippen LogP contribution >= 0.6 is 0 Å². The van der Waals surface area contributed by atoms with E-state index >= 15 is 0 Å². The van der Waals surface area contributed by atoms with Gasteiger partial charge in [0.2, 0.25) is 11.7 Å². The second-order valence-corrected chi connectivity index (χ2v) is 11.2. The summed E-state index contributed by atoms with van der Waals surface area (Å²) in [5, 5.41) is 6.30. The number of pyridine rings is 1. The summed E-state index contributed by atoms with van der Waals surface area (Å²) in [6.07, 6.45) is 2.17. The van der Waals surface area contributed by atoms with Gasteiger partial charge in [0, 0.05) is 36.6 Å². The molecule has 8 nitrogen and oxygen atoms in total. The third-order valence-electron chi connectivity index (χ3n) is 7.55. The topological polar surface area (TPSA) is 122 Å². The van der Waals surface area contributed by atoms with Crippen LogP contribution in [-0.2, 0) is 25.7 Å². The first-order valence-corrected chi connectivity index (χ1v) is 14.3. The van der Waals surface area contributed by atoms with Crippen molar-refractivity contribution in [2.24, 2.45) is 17.8 Å². The molecule has 3 atom stereocenters. The molecule has 41 heavy (non-hydrogen) atoms. The minimum atomic E-state index is -1.16. The highest BCUT2D eigenvalue weighted by atomic mass is 16.2. The van der Waals surface area contributed by atoms with Crippen molar-refractivity contribution in [2.45, 2.75) is 65.0 Å². The molecule has 2 aromatic carbocycles. The fourth-order valence-corrected chi connectivity index (χ4v) is 5.37. The van der Waals surface area contributed by atoms with Gasteiger partial charge in [-0.25, -0.2) is 4.98 Å². The summed E-state index contributed by atoms with van der Waals surface area (Å²) in [4.78, 5) is 69.8. The van der Waals surface area contributed by atoms with E-state index in [1.165, 1.54) is 0 Å². The Kier molecular flexibility index (Phi) is 10.1. The molecule has 1 aliphatic carbocycles. The SMILES string of the molecule is CC(C)C[C@H](CC(=O)c1ccc2ccccc2n1)C(=O)N[C@@H](C[C@@H]1CCCC1=O)C(=O)C(=O)NCc1ccccc1. The minimum Gasteiger partial charge on any atom is -0.345 e. The normalized spacial score (nSPS) is 16.4. The van der Waals surface area contributed by atoms with Gasteiger partial charge in [0.1, 0.15) is 11.5 Å². The molecule has 0 radical (unpaired) electrons. The Hall–Kier alpha value is -4.20. The maximum Gasteiger partial charge on any atom is 0.289 e. The van der Waals surface area contributed by atoms with Crippen LogP contribution in [0.25, 0.3) is 10.9 Å². The number of fused-ring (bicyclic) bond motifs is 1. The molecule has 8 heteroatoms. The number of amides is 2. The number of nitrogens with zero attached hydrogens (tertiary/aromatic N) is 1. The second-order valence-electron chi connectivity index (χ2n) is 11.2. The van der Waals surface area contributed by atoms with Gasteiger partial charge in [-0.3, -0.25) is 24.0 Å². The van der Waals surface area contributed by atoms with Gasteiger partial charge in [0.25, 0.3) is 5.91 Å². The number of carbonyl (C=O) groups is 5. The highest BCUT2D eigenvalue weighted by molar-refractivity contribution is 6.38. The summed E-state index contributed by atoms with van der Waals surface area (Å²) in [5.74, 6) is -3.34. The van der Waals surface area contributed by atoms with E-state index in [1.807, 2.05) is 74.5 Å². The first-order valence-electron chi connectivity index (χ1n) is 14.3. The highest BCUT2D eigenvalue weighted by Gasteiger charge is 2.35. The van der Waals surface area contributed by atoms with Gasteiger partial charge < -0.3 is 10.6 Å². The standard InChI is InChI=1S/C33H37N3O5/c1-21(2)17-25(19-30(38)27-16-15-23-11-6-7-13-26(23)35-27)32(40)36-28(18-24-12-8-14-29(24)37)31(39)33(41)34-20-22-9-4-3-5-10-22/h3-7,9-11,13,15-16,21,24-25,28H,8,12,14,17-20H2,1-2H3,(H,34,41)(H,36,40)/t24-,25+,28-/m0/s1. The van der Waals surface area contributed by atoms with Gasteiger partial charge >= 0.3 is 0 Å². The van der Waals surface area contributed by atoms with Gasteiger partial charge in [-0.05, 0) is 49.3 Å². The molecule has 214 valence electrons. The van der Waals surface area contributed by atoms with Crippen LogP contribution in [0.1, 0.15) is 68.4 Å². The molecule has 1 aliphatic rings. The summed E-state index contributed by atoms with van der Waals surface area (Å²) in [5.41, 5.74) is 1.80. The fraction of sp³-hybridized carbons (Fsp3) is 0.394. The number of benzene rings is 2. The molecule has 1 fully saturated rings. The van der Waals surface area contributed by atoms with Gasteiger partial charge in [-0.2, -0.15) is 0 Å². The average molecular weight is 556 g/mol. The second kappa shape index (κ2) is 13.9. The van der Waals surface area contributed by atoms with Crippen molar-refractivity contribution in [3.8, 4) is 0 Å². The Morgan fingerprint density at radius 2 is 1.68 bits per heavy atom. The summed E-state index contributed by atoms with van der Waals surface area (Å²) >= 11 is 0. The fourth-order valence-electron chi connectivity index (χ4n) is 5.37. The van der Waals surface area contributed by atoms with Crippen LogP contribution in [0.4, 0.5) is 0 Å². The van der Waals surface area contributed by atoms with E-state index in [-0.39, 0.29) is 42.6 Å². The third-order valence-corrected chi connectivity index (χ3v) is 7.55. The Morgan fingerprint density at radius 1 is 0.951 bits per heavy atom. The van der Waals surface area contributed by atoms with E-state index in [0.717, 1.165) is 17.4 Å². The zero-order valence-electron chi connectivity index (χ0n) is 23.6. The number of rotatable bonds is 13. The first kappa shape index (κ1) is 29.8. The largest absolute Gasteiger partial charge is 0.345 e. The lowest BCUT2D eigenvalue weighted by molar-refractivity contribution is -0.141. The molecule has 0 unspecified atom stereocenters. The van der Waals surface area contributed by atoms with Crippen molar-refractivity contribution in [1.82, 2.24) is 15.6 Å². The number of carbonyl (C=O) groups excluding carboxylic acids is 5. The lowest BCUT2D eigenvalue weighted by Crippen LogP contribution is -2.50. The van der Waals surface area contributed by atoms with E-state index in [9.17, 15) is 24.0 Å². The van der Waals surface area contributed by atoms with Gasteiger partial charge in [-0.15, -0.1) is 0 Å². The Bertz CT molecular complexity index is 1420. The number of aromatic nitrogens is 1. The molecule has 0 aliphatic heterocycles. The summed E-state index contributed by atoms with van der Waals surface area (Å²) in [6.45, 7) is 4.07. The first-order chi connectivity index (χ1) is 19.7. The molecule has 0 bridgehead atoms. The summed E-state index contributed by atoms with van der Waals surface area (Å²) in [6, 6.07) is 19.0. The van der Waals surface area contributed by atoms with Crippen molar-refractivity contribution in [2.75, 3.05) is 0 Å². The van der Waals surface area contributed by atoms with Gasteiger partial charge in [-0.1, -0.05) is 68.4 Å². The Labute approximate surface area is 240 Å². The molecule has 0 spiro atoms. The number of hydrogen-bond donors (Lipinski definition) is 2. The van der Waals surface area contributed by atoms with Crippen LogP contribution in [0.2, 0.25) is 0 Å². The van der Waals surface area contributed by atoms with Crippen molar-refractivity contribution in [3.63, 3.8) is 0 Å². The van der Waals surface area contributed by atoms with Crippen LogP contribution in [0, 0.1) is 17.8 Å². The smallest absolute Gasteiger partial charge is 0.289 e. The Morgan fingerprint density at radius 3 is 2.39 bits per heavy atom. The van der Waals surface area contributed by atoms with E-state index in [0.29, 0.717) is 24.8 Å². The van der Waals surface area contributed by atoms with Crippen LogP contribution in [0.5, 0.6) is 0 Å². The monoisotopic (exact) mass is 555 g/mol. The zero-order chi connectivity index (χ0) is 29.4. The van der Waals surface area contributed by atoms with E-state index in [2.05, 4.69) is 15.6 Å². The summed E-state index contributed by atoms with van der Waals surface area (Å²) < 4.78 is 0. The van der Waals surface area contributed by atoms with Crippen LogP contribution < -0.4 is 10.6 Å². The predicted molar refractivity (Wildman–Crippen MR) is 156 cm³/mol. The molecule has 2 amide bonds. The molecule has 4 rings (SSSR count). The number of para-hydroxylation sites is 1. The lowest BCUT2D eigenvalue weighted by atomic mass is 9.89. The van der Waals surface area contributed by atoms with Crippen molar-refractivity contribution < 1.29 is 24.0 Å². The summed E-state index contributed by atoms with van der Waals surface area (Å²) in [7, 11) is 0. The molecular formula is C33H37N3O5. The number of hydrogen-bond acceptors (Lipinski definition) is 6. The molecule has 2 N–H and O–H groups in total. The number of ketones is 3.